The van der Waals surface area contributed by atoms with Gasteiger partial charge in [0.05, 0.1) is 17.7 Å². The number of methoxy groups -OCH3 is 1. The molecule has 1 rings (SSSR count). The fourth-order valence-electron chi connectivity index (χ4n) is 0.914. The normalized spacial score (nSPS) is 9.85. The van der Waals surface area contributed by atoms with Crippen molar-refractivity contribution in [2.45, 2.75) is 6.92 Å². The third kappa shape index (κ3) is 2.14. The van der Waals surface area contributed by atoms with Crippen molar-refractivity contribution in [1.82, 2.24) is 0 Å². The minimum absolute atomic E-state index is 0.400. The molecule has 0 fully saturated rings. The average Bonchev–Trinajstić information content (AvgIpc) is 2.13. The molecule has 0 unspecified atom stereocenters. The lowest BCUT2D eigenvalue weighted by Gasteiger charge is -2.05. The Labute approximate surface area is 95.4 Å². The van der Waals surface area contributed by atoms with Crippen molar-refractivity contribution in [2.75, 3.05) is 7.11 Å². The van der Waals surface area contributed by atoms with Gasteiger partial charge in [0, 0.05) is 3.57 Å². The van der Waals surface area contributed by atoms with E-state index in [2.05, 4.69) is 27.3 Å². The summed E-state index contributed by atoms with van der Waals surface area (Å²) in [5.74, 6) is -0.400. The van der Waals surface area contributed by atoms with Gasteiger partial charge in [-0.1, -0.05) is 17.7 Å². The molecule has 0 saturated carbocycles. The predicted molar refractivity (Wildman–Crippen MR) is 60.2 cm³/mol. The molecule has 0 N–H and O–H groups in total. The predicted octanol–water partition coefficient (Wildman–Crippen LogP) is 3.04. The highest BCUT2D eigenvalue weighted by Crippen LogP contribution is 2.26. The molecule has 0 spiro atoms. The zero-order valence-corrected chi connectivity index (χ0v) is 10.1. The first-order valence-corrected chi connectivity index (χ1v) is 5.06. The first kappa shape index (κ1) is 10.8. The Hall–Kier alpha value is -0.290. The van der Waals surface area contributed by atoms with Crippen LogP contribution in [0.1, 0.15) is 15.9 Å². The Morgan fingerprint density at radius 2 is 2.15 bits per heavy atom. The van der Waals surface area contributed by atoms with E-state index in [1.165, 1.54) is 7.11 Å². The molecule has 0 aliphatic rings. The van der Waals surface area contributed by atoms with E-state index < -0.39 is 5.97 Å². The standard InChI is InChI=1S/C9H8ClIO2/c1-5-3-4-6(9(12)13-2)7(10)8(5)11/h3-4H,1-2H3. The molecular formula is C9H8ClIO2. The highest BCUT2D eigenvalue weighted by Gasteiger charge is 2.13. The maximum atomic E-state index is 11.2. The number of carbonyl (C=O) groups is 1. The number of halogens is 2. The van der Waals surface area contributed by atoms with Crippen molar-refractivity contribution in [3.05, 3.63) is 31.9 Å². The number of hydrogen-bond donors (Lipinski definition) is 0. The Balaban J connectivity index is 3.26. The Morgan fingerprint density at radius 3 is 2.69 bits per heavy atom. The van der Waals surface area contributed by atoms with Gasteiger partial charge in [-0.2, -0.15) is 0 Å². The number of ether oxygens (including phenoxy) is 1. The smallest absolute Gasteiger partial charge is 0.339 e. The van der Waals surface area contributed by atoms with Gasteiger partial charge in [0.1, 0.15) is 0 Å². The summed E-state index contributed by atoms with van der Waals surface area (Å²) < 4.78 is 5.48. The average molecular weight is 311 g/mol. The van der Waals surface area contributed by atoms with Crippen LogP contribution in [0, 0.1) is 10.5 Å². The van der Waals surface area contributed by atoms with Crippen molar-refractivity contribution in [3.8, 4) is 0 Å². The first-order valence-electron chi connectivity index (χ1n) is 3.61. The summed E-state index contributed by atoms with van der Waals surface area (Å²) in [6, 6.07) is 3.52. The van der Waals surface area contributed by atoms with Crippen LogP contribution in [0.4, 0.5) is 0 Å². The molecule has 1 aromatic carbocycles. The first-order chi connectivity index (χ1) is 6.07. The molecule has 0 aliphatic carbocycles. The van der Waals surface area contributed by atoms with Crippen LogP contribution in [-0.4, -0.2) is 13.1 Å². The van der Waals surface area contributed by atoms with Crippen molar-refractivity contribution >= 4 is 40.2 Å². The zero-order valence-electron chi connectivity index (χ0n) is 7.23. The lowest BCUT2D eigenvalue weighted by atomic mass is 10.1. The fourth-order valence-corrected chi connectivity index (χ4v) is 1.67. The van der Waals surface area contributed by atoms with Crippen molar-refractivity contribution in [1.29, 1.82) is 0 Å². The topological polar surface area (TPSA) is 26.3 Å². The second-order valence-electron chi connectivity index (χ2n) is 2.55. The molecule has 0 radical (unpaired) electrons. The number of benzene rings is 1. The van der Waals surface area contributed by atoms with Crippen LogP contribution in [-0.2, 0) is 4.74 Å². The number of rotatable bonds is 1. The Bertz CT molecular complexity index is 350. The molecule has 13 heavy (non-hydrogen) atoms. The van der Waals surface area contributed by atoms with E-state index >= 15 is 0 Å². The molecule has 0 saturated heterocycles. The lowest BCUT2D eigenvalue weighted by Crippen LogP contribution is -2.03. The third-order valence-corrected chi connectivity index (χ3v) is 3.78. The minimum atomic E-state index is -0.400. The van der Waals surface area contributed by atoms with Crippen molar-refractivity contribution in [2.24, 2.45) is 0 Å². The van der Waals surface area contributed by atoms with Gasteiger partial charge in [-0.05, 0) is 41.1 Å². The number of esters is 1. The lowest BCUT2D eigenvalue weighted by molar-refractivity contribution is 0.0601. The van der Waals surface area contributed by atoms with Gasteiger partial charge in [0.25, 0.3) is 0 Å². The van der Waals surface area contributed by atoms with Gasteiger partial charge in [-0.15, -0.1) is 0 Å². The second kappa shape index (κ2) is 4.28. The molecule has 4 heteroatoms. The van der Waals surface area contributed by atoms with Crippen molar-refractivity contribution in [3.63, 3.8) is 0 Å². The van der Waals surface area contributed by atoms with E-state index in [0.29, 0.717) is 10.6 Å². The SMILES string of the molecule is COC(=O)c1ccc(C)c(I)c1Cl. The summed E-state index contributed by atoms with van der Waals surface area (Å²) in [6.07, 6.45) is 0. The van der Waals surface area contributed by atoms with E-state index in [1.807, 2.05) is 13.0 Å². The molecule has 2 nitrogen and oxygen atoms in total. The summed E-state index contributed by atoms with van der Waals surface area (Å²) in [4.78, 5) is 11.2. The number of aryl methyl sites for hydroxylation is 1. The molecular weight excluding hydrogens is 302 g/mol. The van der Waals surface area contributed by atoms with Gasteiger partial charge in [-0.25, -0.2) is 4.79 Å². The van der Waals surface area contributed by atoms with Crippen LogP contribution < -0.4 is 0 Å². The molecule has 0 aliphatic heterocycles. The highest BCUT2D eigenvalue weighted by molar-refractivity contribution is 14.1. The summed E-state index contributed by atoms with van der Waals surface area (Å²) in [7, 11) is 1.34. The minimum Gasteiger partial charge on any atom is -0.465 e. The third-order valence-electron chi connectivity index (χ3n) is 1.68. The summed E-state index contributed by atoms with van der Waals surface area (Å²) in [6.45, 7) is 1.94. The van der Waals surface area contributed by atoms with Crippen LogP contribution >= 0.6 is 34.2 Å². The van der Waals surface area contributed by atoms with E-state index in [0.717, 1.165) is 9.13 Å². The van der Waals surface area contributed by atoms with Crippen LogP contribution in [0.2, 0.25) is 5.02 Å². The number of hydrogen-bond acceptors (Lipinski definition) is 2. The molecule has 0 bridgehead atoms. The maximum Gasteiger partial charge on any atom is 0.339 e. The Kier molecular flexibility index (Phi) is 3.55. The number of carbonyl (C=O) groups excluding carboxylic acids is 1. The molecule has 0 aromatic heterocycles. The second-order valence-corrected chi connectivity index (χ2v) is 4.01. The van der Waals surface area contributed by atoms with Gasteiger partial charge in [-0.3, -0.25) is 0 Å². The molecule has 0 amide bonds. The van der Waals surface area contributed by atoms with E-state index in [1.54, 1.807) is 6.07 Å². The van der Waals surface area contributed by atoms with Gasteiger partial charge >= 0.3 is 5.97 Å². The zero-order chi connectivity index (χ0) is 10.0. The maximum absolute atomic E-state index is 11.2. The monoisotopic (exact) mass is 310 g/mol. The van der Waals surface area contributed by atoms with Gasteiger partial charge < -0.3 is 4.74 Å². The fraction of sp³-hybridized carbons (Fsp3) is 0.222. The van der Waals surface area contributed by atoms with Crippen LogP contribution in [0.3, 0.4) is 0 Å². The molecule has 0 atom stereocenters. The quantitative estimate of drug-likeness (QED) is 0.589. The molecule has 1 aromatic rings. The van der Waals surface area contributed by atoms with Crippen molar-refractivity contribution < 1.29 is 9.53 Å². The highest BCUT2D eigenvalue weighted by atomic mass is 127. The van der Waals surface area contributed by atoms with Gasteiger partial charge in [0.15, 0.2) is 0 Å². The summed E-state index contributed by atoms with van der Waals surface area (Å²) >= 11 is 8.07. The summed E-state index contributed by atoms with van der Waals surface area (Å²) in [5, 5.41) is 0.465. The molecule has 0 heterocycles. The van der Waals surface area contributed by atoms with E-state index in [9.17, 15) is 4.79 Å². The van der Waals surface area contributed by atoms with E-state index in [4.69, 9.17) is 11.6 Å². The van der Waals surface area contributed by atoms with Crippen LogP contribution in [0.25, 0.3) is 0 Å². The largest absolute Gasteiger partial charge is 0.465 e. The summed E-state index contributed by atoms with van der Waals surface area (Å²) in [5.41, 5.74) is 1.47. The Morgan fingerprint density at radius 1 is 1.54 bits per heavy atom. The van der Waals surface area contributed by atoms with E-state index in [-0.39, 0.29) is 0 Å². The van der Waals surface area contributed by atoms with Crippen LogP contribution in [0.5, 0.6) is 0 Å². The van der Waals surface area contributed by atoms with Gasteiger partial charge in [0.2, 0.25) is 0 Å². The van der Waals surface area contributed by atoms with Crippen LogP contribution in [0.15, 0.2) is 12.1 Å². The molecule has 70 valence electrons.